The molecule has 0 atom stereocenters. The van der Waals surface area contributed by atoms with Crippen LogP contribution in [-0.2, 0) is 16.6 Å². The normalized spacial score (nSPS) is 15.9. The van der Waals surface area contributed by atoms with Gasteiger partial charge in [-0.2, -0.15) is 0 Å². The molecule has 0 heterocycles. The molecule has 1 aromatic carbocycles. The van der Waals surface area contributed by atoms with Gasteiger partial charge < -0.3 is 10.6 Å². The zero-order chi connectivity index (χ0) is 17.6. The van der Waals surface area contributed by atoms with Gasteiger partial charge in [-0.3, -0.25) is 0 Å². The van der Waals surface area contributed by atoms with Crippen molar-refractivity contribution < 1.29 is 8.42 Å². The van der Waals surface area contributed by atoms with Gasteiger partial charge in [0.05, 0.1) is 11.4 Å². The van der Waals surface area contributed by atoms with E-state index in [1.165, 1.54) is 44.1 Å². The van der Waals surface area contributed by atoms with E-state index in [0.29, 0.717) is 17.5 Å². The summed E-state index contributed by atoms with van der Waals surface area (Å²) >= 11 is 0. The standard InChI is InChI=1S/C17H28N4O2S.HI/c1-4-18-17(20-15-7-5-6-8-15)19-13-14-9-11-16(12-10-14)24(22,23)21(2)3;/h9-12,15H,4-8,13H2,1-3H3,(H2,18,19,20);1H. The van der Waals surface area contributed by atoms with Crippen molar-refractivity contribution in [3.8, 4) is 0 Å². The average molecular weight is 480 g/mol. The van der Waals surface area contributed by atoms with Gasteiger partial charge in [-0.05, 0) is 37.5 Å². The maximum Gasteiger partial charge on any atom is 0.242 e. The Morgan fingerprint density at radius 2 is 1.80 bits per heavy atom. The molecule has 2 rings (SSSR count). The molecule has 25 heavy (non-hydrogen) atoms. The lowest BCUT2D eigenvalue weighted by molar-refractivity contribution is 0.520. The Kier molecular flexibility index (Phi) is 9.15. The fraction of sp³-hybridized carbons (Fsp3) is 0.588. The van der Waals surface area contributed by atoms with Crippen LogP contribution in [0, 0.1) is 0 Å². The monoisotopic (exact) mass is 480 g/mol. The van der Waals surface area contributed by atoms with E-state index in [9.17, 15) is 8.42 Å². The zero-order valence-electron chi connectivity index (χ0n) is 15.2. The van der Waals surface area contributed by atoms with Gasteiger partial charge >= 0.3 is 0 Å². The lowest BCUT2D eigenvalue weighted by Gasteiger charge is -2.16. The van der Waals surface area contributed by atoms with E-state index in [-0.39, 0.29) is 24.0 Å². The summed E-state index contributed by atoms with van der Waals surface area (Å²) in [4.78, 5) is 4.91. The number of guanidine groups is 1. The van der Waals surface area contributed by atoms with Gasteiger partial charge in [0.25, 0.3) is 0 Å². The summed E-state index contributed by atoms with van der Waals surface area (Å²) in [7, 11) is -0.311. The van der Waals surface area contributed by atoms with E-state index in [0.717, 1.165) is 18.1 Å². The van der Waals surface area contributed by atoms with Crippen LogP contribution in [0.4, 0.5) is 0 Å². The van der Waals surface area contributed by atoms with Crippen molar-refractivity contribution in [3.63, 3.8) is 0 Å². The summed E-state index contributed by atoms with van der Waals surface area (Å²) in [6, 6.07) is 7.42. The minimum Gasteiger partial charge on any atom is -0.357 e. The SMILES string of the molecule is CCNC(=NCc1ccc(S(=O)(=O)N(C)C)cc1)NC1CCCC1.I. The van der Waals surface area contributed by atoms with E-state index in [1.807, 2.05) is 19.1 Å². The number of nitrogens with one attached hydrogen (secondary N) is 2. The van der Waals surface area contributed by atoms with E-state index in [4.69, 9.17) is 0 Å². The van der Waals surface area contributed by atoms with Gasteiger partial charge in [-0.1, -0.05) is 25.0 Å². The second kappa shape index (κ2) is 10.3. The van der Waals surface area contributed by atoms with Crippen molar-refractivity contribution in [3.05, 3.63) is 29.8 Å². The molecule has 1 fully saturated rings. The van der Waals surface area contributed by atoms with E-state index < -0.39 is 10.0 Å². The lowest BCUT2D eigenvalue weighted by atomic mass is 10.2. The topological polar surface area (TPSA) is 73.8 Å². The molecule has 1 saturated carbocycles. The Morgan fingerprint density at radius 1 is 1.20 bits per heavy atom. The van der Waals surface area contributed by atoms with Crippen molar-refractivity contribution >= 4 is 40.0 Å². The van der Waals surface area contributed by atoms with Crippen LogP contribution in [0.5, 0.6) is 0 Å². The first-order chi connectivity index (χ1) is 11.4. The number of aliphatic imine (C=N–C) groups is 1. The quantitative estimate of drug-likeness (QED) is 0.373. The zero-order valence-corrected chi connectivity index (χ0v) is 18.3. The molecule has 0 aromatic heterocycles. The predicted octanol–water partition coefficient (Wildman–Crippen LogP) is 2.55. The summed E-state index contributed by atoms with van der Waals surface area (Å²) in [6.07, 6.45) is 4.95. The van der Waals surface area contributed by atoms with E-state index >= 15 is 0 Å². The maximum absolute atomic E-state index is 12.1. The van der Waals surface area contributed by atoms with Crippen LogP contribution in [0.2, 0.25) is 0 Å². The first-order valence-corrected chi connectivity index (χ1v) is 9.94. The van der Waals surface area contributed by atoms with Crippen molar-refractivity contribution in [2.45, 2.75) is 50.1 Å². The molecule has 0 amide bonds. The van der Waals surface area contributed by atoms with E-state index in [1.54, 1.807) is 12.1 Å². The predicted molar refractivity (Wildman–Crippen MR) is 113 cm³/mol. The van der Waals surface area contributed by atoms with Crippen LogP contribution in [0.1, 0.15) is 38.2 Å². The van der Waals surface area contributed by atoms with Crippen molar-refractivity contribution in [1.29, 1.82) is 0 Å². The molecule has 1 aliphatic rings. The Balaban J connectivity index is 0.00000312. The summed E-state index contributed by atoms with van der Waals surface area (Å²) in [5.74, 6) is 0.828. The average Bonchev–Trinajstić information content (AvgIpc) is 3.06. The summed E-state index contributed by atoms with van der Waals surface area (Å²) in [5.41, 5.74) is 0.983. The third-order valence-electron chi connectivity index (χ3n) is 4.16. The fourth-order valence-electron chi connectivity index (χ4n) is 2.73. The van der Waals surface area contributed by atoms with Gasteiger partial charge in [0, 0.05) is 26.7 Å². The molecule has 1 aromatic rings. The third kappa shape index (κ3) is 6.41. The lowest BCUT2D eigenvalue weighted by Crippen LogP contribution is -2.42. The number of nitrogens with zero attached hydrogens (tertiary/aromatic N) is 2. The molecule has 0 unspecified atom stereocenters. The smallest absolute Gasteiger partial charge is 0.242 e. The van der Waals surface area contributed by atoms with Gasteiger partial charge in [-0.25, -0.2) is 17.7 Å². The summed E-state index contributed by atoms with van der Waals surface area (Å²) < 4.78 is 25.3. The number of hydrogen-bond donors (Lipinski definition) is 2. The molecule has 8 heteroatoms. The van der Waals surface area contributed by atoms with Crippen LogP contribution in [0.3, 0.4) is 0 Å². The molecule has 0 bridgehead atoms. The van der Waals surface area contributed by atoms with Gasteiger partial charge in [0.1, 0.15) is 0 Å². The first-order valence-electron chi connectivity index (χ1n) is 8.50. The highest BCUT2D eigenvalue weighted by atomic mass is 127. The largest absolute Gasteiger partial charge is 0.357 e. The van der Waals surface area contributed by atoms with Crippen LogP contribution in [0.25, 0.3) is 0 Å². The molecule has 2 N–H and O–H groups in total. The maximum atomic E-state index is 12.1. The number of sulfonamides is 1. The van der Waals surface area contributed by atoms with Crippen LogP contribution in [0.15, 0.2) is 34.2 Å². The first kappa shape index (κ1) is 22.2. The van der Waals surface area contributed by atoms with E-state index in [2.05, 4.69) is 15.6 Å². The third-order valence-corrected chi connectivity index (χ3v) is 5.99. The molecule has 0 spiro atoms. The molecular weight excluding hydrogens is 451 g/mol. The Hall–Kier alpha value is -0.870. The molecule has 0 aliphatic heterocycles. The second-order valence-electron chi connectivity index (χ2n) is 6.25. The minimum absolute atomic E-state index is 0. The van der Waals surface area contributed by atoms with Gasteiger partial charge in [0.15, 0.2) is 5.96 Å². The van der Waals surface area contributed by atoms with Crippen molar-refractivity contribution in [1.82, 2.24) is 14.9 Å². The summed E-state index contributed by atoms with van der Waals surface area (Å²) in [6.45, 7) is 3.38. The number of benzene rings is 1. The van der Waals surface area contributed by atoms with Crippen LogP contribution >= 0.6 is 24.0 Å². The molecular formula is C17H29IN4O2S. The minimum atomic E-state index is -3.38. The van der Waals surface area contributed by atoms with Crippen molar-refractivity contribution in [2.75, 3.05) is 20.6 Å². The Morgan fingerprint density at radius 3 is 2.32 bits per heavy atom. The number of halogens is 1. The highest BCUT2D eigenvalue weighted by Gasteiger charge is 2.17. The Bertz CT molecular complexity index is 654. The molecule has 0 saturated heterocycles. The van der Waals surface area contributed by atoms with Crippen LogP contribution < -0.4 is 10.6 Å². The molecule has 1 aliphatic carbocycles. The second-order valence-corrected chi connectivity index (χ2v) is 8.40. The summed E-state index contributed by atoms with van der Waals surface area (Å²) in [5, 5.41) is 6.74. The van der Waals surface area contributed by atoms with Crippen LogP contribution in [-0.4, -0.2) is 45.4 Å². The number of hydrogen-bond acceptors (Lipinski definition) is 3. The number of rotatable bonds is 6. The molecule has 0 radical (unpaired) electrons. The molecule has 6 nitrogen and oxygen atoms in total. The molecule has 142 valence electrons. The fourth-order valence-corrected chi connectivity index (χ4v) is 3.63. The van der Waals surface area contributed by atoms with Crippen molar-refractivity contribution in [2.24, 2.45) is 4.99 Å². The highest BCUT2D eigenvalue weighted by molar-refractivity contribution is 14.0. The van der Waals surface area contributed by atoms with Gasteiger partial charge in [0.2, 0.25) is 10.0 Å². The van der Waals surface area contributed by atoms with Gasteiger partial charge in [-0.15, -0.1) is 24.0 Å². The highest BCUT2D eigenvalue weighted by Crippen LogP contribution is 2.17. The Labute approximate surface area is 168 Å².